The SMILES string of the molecule is Oc1ccc(C2NC3=C(CCCC3)C(=S)S2)cc1. The largest absolute Gasteiger partial charge is 0.508 e. The molecule has 0 aromatic heterocycles. The van der Waals surface area contributed by atoms with E-state index in [1.165, 1.54) is 24.1 Å². The Morgan fingerprint density at radius 2 is 1.89 bits per heavy atom. The zero-order valence-corrected chi connectivity index (χ0v) is 11.6. The third-order valence-corrected chi connectivity index (χ3v) is 5.06. The van der Waals surface area contributed by atoms with Crippen LogP contribution in [0.4, 0.5) is 0 Å². The van der Waals surface area contributed by atoms with Crippen molar-refractivity contribution in [1.29, 1.82) is 0 Å². The minimum atomic E-state index is 0.190. The highest BCUT2D eigenvalue weighted by Gasteiger charge is 2.27. The van der Waals surface area contributed by atoms with Crippen molar-refractivity contribution in [2.45, 2.75) is 31.1 Å². The number of rotatable bonds is 1. The standard InChI is InChI=1S/C14H15NOS2/c16-10-7-5-9(6-8-10)13-15-12-4-2-1-3-11(12)14(17)18-13/h5-8,13,15-16H,1-4H2. The fourth-order valence-electron chi connectivity index (χ4n) is 2.46. The van der Waals surface area contributed by atoms with Crippen LogP contribution in [0, 0.1) is 0 Å². The van der Waals surface area contributed by atoms with Crippen LogP contribution >= 0.6 is 24.0 Å². The molecule has 1 aromatic rings. The smallest absolute Gasteiger partial charge is 0.115 e. The lowest BCUT2D eigenvalue weighted by Crippen LogP contribution is -2.28. The lowest BCUT2D eigenvalue weighted by atomic mass is 9.97. The predicted molar refractivity (Wildman–Crippen MR) is 79.7 cm³/mol. The van der Waals surface area contributed by atoms with E-state index in [1.54, 1.807) is 23.9 Å². The highest BCUT2D eigenvalue weighted by atomic mass is 32.2. The number of thioether (sulfide) groups is 1. The van der Waals surface area contributed by atoms with Gasteiger partial charge in [-0.1, -0.05) is 36.1 Å². The van der Waals surface area contributed by atoms with Gasteiger partial charge in [0.15, 0.2) is 0 Å². The molecule has 94 valence electrons. The fourth-order valence-corrected chi connectivity index (χ4v) is 4.05. The van der Waals surface area contributed by atoms with Crippen molar-refractivity contribution in [2.75, 3.05) is 0 Å². The van der Waals surface area contributed by atoms with Crippen LogP contribution in [0.3, 0.4) is 0 Å². The van der Waals surface area contributed by atoms with Gasteiger partial charge in [-0.3, -0.25) is 0 Å². The molecule has 0 radical (unpaired) electrons. The maximum Gasteiger partial charge on any atom is 0.115 e. The van der Waals surface area contributed by atoms with Crippen LogP contribution in [-0.2, 0) is 0 Å². The molecule has 0 saturated heterocycles. The summed E-state index contributed by atoms with van der Waals surface area (Å²) < 4.78 is 1.04. The number of phenols is 1. The molecule has 2 aliphatic rings. The van der Waals surface area contributed by atoms with Crippen molar-refractivity contribution in [3.63, 3.8) is 0 Å². The van der Waals surface area contributed by atoms with Gasteiger partial charge in [-0.05, 0) is 49.0 Å². The van der Waals surface area contributed by atoms with Crippen LogP contribution in [-0.4, -0.2) is 9.30 Å². The Bertz CT molecular complexity index is 507. The van der Waals surface area contributed by atoms with E-state index in [-0.39, 0.29) is 5.37 Å². The summed E-state index contributed by atoms with van der Waals surface area (Å²) in [6.07, 6.45) is 4.74. The minimum Gasteiger partial charge on any atom is -0.508 e. The van der Waals surface area contributed by atoms with Gasteiger partial charge in [0.25, 0.3) is 0 Å². The van der Waals surface area contributed by atoms with Gasteiger partial charge in [-0.25, -0.2) is 0 Å². The first-order chi connectivity index (χ1) is 8.74. The maximum absolute atomic E-state index is 9.33. The Morgan fingerprint density at radius 1 is 1.17 bits per heavy atom. The van der Waals surface area contributed by atoms with Crippen LogP contribution in [0.5, 0.6) is 5.75 Å². The molecule has 4 heteroatoms. The maximum atomic E-state index is 9.33. The summed E-state index contributed by atoms with van der Waals surface area (Å²) >= 11 is 7.23. The predicted octanol–water partition coefficient (Wildman–Crippen LogP) is 3.88. The fraction of sp³-hybridized carbons (Fsp3) is 0.357. The molecule has 1 aliphatic heterocycles. The monoisotopic (exact) mass is 277 g/mol. The normalized spacial score (nSPS) is 23.6. The lowest BCUT2D eigenvalue weighted by molar-refractivity contribution is 0.475. The molecule has 0 bridgehead atoms. The second kappa shape index (κ2) is 4.94. The Labute approximate surface area is 116 Å². The van der Waals surface area contributed by atoms with Gasteiger partial charge >= 0.3 is 0 Å². The van der Waals surface area contributed by atoms with E-state index in [1.807, 2.05) is 12.1 Å². The molecular formula is C14H15NOS2. The van der Waals surface area contributed by atoms with Gasteiger partial charge < -0.3 is 10.4 Å². The van der Waals surface area contributed by atoms with E-state index in [0.29, 0.717) is 5.75 Å². The van der Waals surface area contributed by atoms with Crippen LogP contribution in [0.15, 0.2) is 35.5 Å². The summed E-state index contributed by atoms with van der Waals surface area (Å²) in [4.78, 5) is 0. The molecule has 3 rings (SSSR count). The molecule has 2 nitrogen and oxygen atoms in total. The summed E-state index contributed by atoms with van der Waals surface area (Å²) in [6, 6.07) is 7.37. The van der Waals surface area contributed by atoms with Crippen molar-refractivity contribution in [3.8, 4) is 5.75 Å². The number of allylic oxidation sites excluding steroid dienone is 1. The third-order valence-electron chi connectivity index (χ3n) is 3.44. The van der Waals surface area contributed by atoms with Gasteiger partial charge in [0.2, 0.25) is 0 Å². The van der Waals surface area contributed by atoms with Crippen LogP contribution < -0.4 is 5.32 Å². The molecule has 1 aliphatic carbocycles. The van der Waals surface area contributed by atoms with Gasteiger partial charge in [-0.15, -0.1) is 0 Å². The molecule has 0 saturated carbocycles. The second-order valence-corrected chi connectivity index (χ2v) is 6.47. The molecule has 0 spiro atoms. The molecule has 18 heavy (non-hydrogen) atoms. The van der Waals surface area contributed by atoms with E-state index in [4.69, 9.17) is 12.2 Å². The summed E-state index contributed by atoms with van der Waals surface area (Å²) in [5.41, 5.74) is 3.86. The van der Waals surface area contributed by atoms with Crippen LogP contribution in [0.1, 0.15) is 36.6 Å². The number of thiocarbonyl (C=S) groups is 1. The molecule has 2 N–H and O–H groups in total. The van der Waals surface area contributed by atoms with Crippen molar-refractivity contribution in [1.82, 2.24) is 5.32 Å². The lowest BCUT2D eigenvalue weighted by Gasteiger charge is -2.32. The molecule has 1 aromatic carbocycles. The summed E-state index contributed by atoms with van der Waals surface area (Å²) in [5, 5.41) is 13.1. The quantitative estimate of drug-likeness (QED) is 0.763. The topological polar surface area (TPSA) is 32.3 Å². The first-order valence-corrected chi connectivity index (χ1v) is 7.51. The molecule has 0 amide bonds. The average molecular weight is 277 g/mol. The van der Waals surface area contributed by atoms with E-state index in [9.17, 15) is 5.11 Å². The molecule has 1 unspecified atom stereocenters. The number of benzene rings is 1. The van der Waals surface area contributed by atoms with Gasteiger partial charge in [0.05, 0.1) is 4.20 Å². The zero-order valence-electron chi connectivity index (χ0n) is 9.98. The van der Waals surface area contributed by atoms with Gasteiger partial charge in [-0.2, -0.15) is 0 Å². The Kier molecular flexibility index (Phi) is 3.31. The zero-order chi connectivity index (χ0) is 12.5. The Balaban J connectivity index is 1.87. The van der Waals surface area contributed by atoms with E-state index in [2.05, 4.69) is 5.32 Å². The molecular weight excluding hydrogens is 262 g/mol. The van der Waals surface area contributed by atoms with Gasteiger partial charge in [0, 0.05) is 5.70 Å². The van der Waals surface area contributed by atoms with Crippen molar-refractivity contribution in [3.05, 3.63) is 41.1 Å². The molecule has 0 fully saturated rings. The third kappa shape index (κ3) is 2.27. The molecule has 1 atom stereocenters. The highest BCUT2D eigenvalue weighted by Crippen LogP contribution is 2.40. The Morgan fingerprint density at radius 3 is 2.67 bits per heavy atom. The van der Waals surface area contributed by atoms with Crippen LogP contribution in [0.2, 0.25) is 0 Å². The second-order valence-electron chi connectivity index (χ2n) is 4.69. The summed E-state index contributed by atoms with van der Waals surface area (Å²) in [5.74, 6) is 0.305. The first-order valence-electron chi connectivity index (χ1n) is 6.22. The van der Waals surface area contributed by atoms with Crippen LogP contribution in [0.25, 0.3) is 0 Å². The van der Waals surface area contributed by atoms with E-state index < -0.39 is 0 Å². The van der Waals surface area contributed by atoms with Crippen molar-refractivity contribution >= 4 is 28.2 Å². The highest BCUT2D eigenvalue weighted by molar-refractivity contribution is 8.23. The first kappa shape index (κ1) is 12.1. The van der Waals surface area contributed by atoms with E-state index in [0.717, 1.165) is 22.6 Å². The van der Waals surface area contributed by atoms with Crippen molar-refractivity contribution in [2.24, 2.45) is 0 Å². The molecule has 1 heterocycles. The van der Waals surface area contributed by atoms with Crippen molar-refractivity contribution < 1.29 is 5.11 Å². The number of hydrogen-bond acceptors (Lipinski definition) is 4. The number of nitrogens with one attached hydrogen (secondary N) is 1. The minimum absolute atomic E-state index is 0.190. The summed E-state index contributed by atoms with van der Waals surface area (Å²) in [6.45, 7) is 0. The number of aromatic hydroxyl groups is 1. The average Bonchev–Trinajstić information content (AvgIpc) is 2.39. The van der Waals surface area contributed by atoms with E-state index >= 15 is 0 Å². The van der Waals surface area contributed by atoms with Gasteiger partial charge in [0.1, 0.15) is 11.1 Å². The summed E-state index contributed by atoms with van der Waals surface area (Å²) in [7, 11) is 0. The number of phenolic OH excluding ortho intramolecular Hbond substituents is 1. The number of hydrogen-bond donors (Lipinski definition) is 2. The Hall–Kier alpha value is -1.00.